The van der Waals surface area contributed by atoms with E-state index in [2.05, 4.69) is 30.6 Å². The predicted molar refractivity (Wildman–Crippen MR) is 81.6 cm³/mol. The van der Waals surface area contributed by atoms with Crippen molar-refractivity contribution in [2.24, 2.45) is 11.8 Å². The van der Waals surface area contributed by atoms with Gasteiger partial charge >= 0.3 is 6.18 Å². The molecule has 1 atom stereocenters. The largest absolute Gasteiger partial charge is 0.391 e. The van der Waals surface area contributed by atoms with Gasteiger partial charge in [0.2, 0.25) is 0 Å². The van der Waals surface area contributed by atoms with Crippen molar-refractivity contribution in [3.05, 3.63) is 21.9 Å². The van der Waals surface area contributed by atoms with E-state index in [-0.39, 0.29) is 18.9 Å². The van der Waals surface area contributed by atoms with Gasteiger partial charge in [0.15, 0.2) is 0 Å². The van der Waals surface area contributed by atoms with Crippen molar-refractivity contribution in [1.29, 1.82) is 0 Å². The van der Waals surface area contributed by atoms with Crippen LogP contribution in [0.25, 0.3) is 0 Å². The van der Waals surface area contributed by atoms with Gasteiger partial charge in [-0.3, -0.25) is 0 Å². The lowest BCUT2D eigenvalue weighted by Gasteiger charge is -2.35. The molecule has 1 nitrogen and oxygen atoms in total. The summed E-state index contributed by atoms with van der Waals surface area (Å²) in [6.07, 6.45) is -1.09. The van der Waals surface area contributed by atoms with Crippen LogP contribution in [0.4, 0.5) is 13.2 Å². The zero-order valence-electron chi connectivity index (χ0n) is 12.7. The highest BCUT2D eigenvalue weighted by Crippen LogP contribution is 2.43. The van der Waals surface area contributed by atoms with E-state index in [1.165, 1.54) is 10.4 Å². The Hall–Kier alpha value is -0.550. The van der Waals surface area contributed by atoms with Gasteiger partial charge in [0.25, 0.3) is 0 Å². The van der Waals surface area contributed by atoms with Gasteiger partial charge in [-0.1, -0.05) is 6.92 Å². The van der Waals surface area contributed by atoms with Crippen LogP contribution in [0.5, 0.6) is 0 Å². The molecular formula is C16H24F3NS. The molecule has 0 saturated heterocycles. The number of halogens is 3. The second kappa shape index (κ2) is 7.14. The van der Waals surface area contributed by atoms with Crippen LogP contribution in [-0.2, 0) is 0 Å². The minimum absolute atomic E-state index is 0.212. The Morgan fingerprint density at radius 1 is 1.29 bits per heavy atom. The van der Waals surface area contributed by atoms with Crippen LogP contribution >= 0.6 is 11.3 Å². The Labute approximate surface area is 128 Å². The van der Waals surface area contributed by atoms with Crippen LogP contribution in [0, 0.1) is 18.8 Å². The standard InChI is InChI=1S/C16H24F3NS/c1-3-8-20-15(13-9-11(2)21-10-13)12-4-6-14(7-5-12)16(17,18)19/h9-10,12,14-15,20H,3-8H2,1-2H3. The van der Waals surface area contributed by atoms with E-state index in [1.54, 1.807) is 11.3 Å². The molecule has 0 spiro atoms. The maximum absolute atomic E-state index is 12.8. The second-order valence-electron chi connectivity index (χ2n) is 6.08. The van der Waals surface area contributed by atoms with E-state index in [0.717, 1.165) is 13.0 Å². The van der Waals surface area contributed by atoms with Gasteiger partial charge in [0.1, 0.15) is 0 Å². The molecule has 1 saturated carbocycles. The lowest BCUT2D eigenvalue weighted by molar-refractivity contribution is -0.184. The van der Waals surface area contributed by atoms with Crippen LogP contribution in [0.1, 0.15) is 55.5 Å². The van der Waals surface area contributed by atoms with E-state index >= 15 is 0 Å². The van der Waals surface area contributed by atoms with Gasteiger partial charge in [-0.2, -0.15) is 13.2 Å². The Morgan fingerprint density at radius 3 is 2.43 bits per heavy atom. The average molecular weight is 319 g/mol. The maximum Gasteiger partial charge on any atom is 0.391 e. The summed E-state index contributed by atoms with van der Waals surface area (Å²) in [7, 11) is 0. The number of rotatable bonds is 5. The van der Waals surface area contributed by atoms with Gasteiger partial charge in [0, 0.05) is 10.9 Å². The lowest BCUT2D eigenvalue weighted by atomic mass is 9.76. The predicted octanol–water partition coefficient (Wildman–Crippen LogP) is 5.47. The van der Waals surface area contributed by atoms with E-state index < -0.39 is 12.1 Å². The number of aryl methyl sites for hydroxylation is 1. The monoisotopic (exact) mass is 319 g/mol. The topological polar surface area (TPSA) is 12.0 Å². The summed E-state index contributed by atoms with van der Waals surface area (Å²) in [5, 5.41) is 5.70. The first-order valence-electron chi connectivity index (χ1n) is 7.77. The molecule has 1 unspecified atom stereocenters. The van der Waals surface area contributed by atoms with E-state index in [9.17, 15) is 13.2 Å². The number of alkyl halides is 3. The normalized spacial score (nSPS) is 25.0. The van der Waals surface area contributed by atoms with Gasteiger partial charge in [-0.25, -0.2) is 0 Å². The SMILES string of the molecule is CCCNC(c1csc(C)c1)C1CCC(C(F)(F)F)CC1. The van der Waals surface area contributed by atoms with Crippen molar-refractivity contribution in [1.82, 2.24) is 5.32 Å². The average Bonchev–Trinajstić information content (AvgIpc) is 2.85. The number of thiophene rings is 1. The van der Waals surface area contributed by atoms with Crippen molar-refractivity contribution >= 4 is 11.3 Å². The van der Waals surface area contributed by atoms with Crippen molar-refractivity contribution < 1.29 is 13.2 Å². The Balaban J connectivity index is 2.02. The molecule has 0 radical (unpaired) electrons. The summed E-state index contributed by atoms with van der Waals surface area (Å²) >= 11 is 1.71. The molecule has 0 bridgehead atoms. The van der Waals surface area contributed by atoms with E-state index in [1.807, 2.05) is 0 Å². The first-order valence-corrected chi connectivity index (χ1v) is 8.65. The molecule has 5 heteroatoms. The smallest absolute Gasteiger partial charge is 0.310 e. The maximum atomic E-state index is 12.8. The molecule has 21 heavy (non-hydrogen) atoms. The molecule has 1 N–H and O–H groups in total. The summed E-state index contributed by atoms with van der Waals surface area (Å²) in [6.45, 7) is 5.11. The first-order chi connectivity index (χ1) is 9.91. The van der Waals surface area contributed by atoms with Gasteiger partial charge < -0.3 is 5.32 Å². The molecule has 1 heterocycles. The van der Waals surface area contributed by atoms with Crippen molar-refractivity contribution in [3.8, 4) is 0 Å². The minimum Gasteiger partial charge on any atom is -0.310 e. The zero-order chi connectivity index (χ0) is 15.5. The van der Waals surface area contributed by atoms with Crippen LogP contribution in [0.15, 0.2) is 11.4 Å². The molecule has 1 aliphatic carbocycles. The number of hydrogen-bond donors (Lipinski definition) is 1. The number of nitrogens with one attached hydrogen (secondary N) is 1. The molecule has 1 fully saturated rings. The second-order valence-corrected chi connectivity index (χ2v) is 7.19. The summed E-state index contributed by atoms with van der Waals surface area (Å²) in [4.78, 5) is 1.26. The molecule has 0 aliphatic heterocycles. The quantitative estimate of drug-likeness (QED) is 0.759. The Morgan fingerprint density at radius 2 is 1.95 bits per heavy atom. The highest BCUT2D eigenvalue weighted by atomic mass is 32.1. The molecule has 1 aliphatic rings. The summed E-state index contributed by atoms with van der Waals surface area (Å²) < 4.78 is 38.4. The zero-order valence-corrected chi connectivity index (χ0v) is 13.5. The van der Waals surface area contributed by atoms with Crippen LogP contribution in [0.3, 0.4) is 0 Å². The van der Waals surface area contributed by atoms with Crippen LogP contribution < -0.4 is 5.32 Å². The fourth-order valence-corrected chi connectivity index (χ4v) is 4.00. The first kappa shape index (κ1) is 16.8. The molecule has 1 aromatic heterocycles. The Bertz CT molecular complexity index is 433. The number of hydrogen-bond acceptors (Lipinski definition) is 2. The van der Waals surface area contributed by atoms with E-state index in [0.29, 0.717) is 18.8 Å². The molecular weight excluding hydrogens is 295 g/mol. The third-order valence-electron chi connectivity index (χ3n) is 4.43. The summed E-state index contributed by atoms with van der Waals surface area (Å²) in [5.74, 6) is -0.770. The molecule has 0 amide bonds. The highest BCUT2D eigenvalue weighted by Gasteiger charge is 2.42. The lowest BCUT2D eigenvalue weighted by Crippen LogP contribution is -2.34. The van der Waals surface area contributed by atoms with Crippen LogP contribution in [0.2, 0.25) is 0 Å². The van der Waals surface area contributed by atoms with Gasteiger partial charge in [0.05, 0.1) is 5.92 Å². The molecule has 1 aromatic rings. The van der Waals surface area contributed by atoms with Crippen molar-refractivity contribution in [3.63, 3.8) is 0 Å². The van der Waals surface area contributed by atoms with Gasteiger partial charge in [-0.05, 0) is 68.5 Å². The minimum atomic E-state index is -4.02. The Kier molecular flexibility index (Phi) is 5.72. The van der Waals surface area contributed by atoms with E-state index in [4.69, 9.17) is 0 Å². The van der Waals surface area contributed by atoms with Crippen molar-refractivity contribution in [2.45, 2.75) is 58.2 Å². The molecule has 2 rings (SSSR count). The summed E-state index contributed by atoms with van der Waals surface area (Å²) in [5.41, 5.74) is 1.25. The fourth-order valence-electron chi connectivity index (χ4n) is 3.26. The third kappa shape index (κ3) is 4.46. The third-order valence-corrected chi connectivity index (χ3v) is 5.31. The van der Waals surface area contributed by atoms with Crippen molar-refractivity contribution in [2.75, 3.05) is 6.54 Å². The van der Waals surface area contributed by atoms with Crippen LogP contribution in [-0.4, -0.2) is 12.7 Å². The fraction of sp³-hybridized carbons (Fsp3) is 0.750. The molecule has 0 aromatic carbocycles. The summed E-state index contributed by atoms with van der Waals surface area (Å²) in [6, 6.07) is 2.39. The molecule has 120 valence electrons. The van der Waals surface area contributed by atoms with Gasteiger partial charge in [-0.15, -0.1) is 11.3 Å². The highest BCUT2D eigenvalue weighted by molar-refractivity contribution is 7.10.